The molecule has 0 aromatic rings. The van der Waals surface area contributed by atoms with Crippen LogP contribution in [-0.2, 0) is 0 Å². The van der Waals surface area contributed by atoms with Gasteiger partial charge >= 0.3 is 0 Å². The van der Waals surface area contributed by atoms with Crippen LogP contribution in [0.3, 0.4) is 0 Å². The zero-order valence-electron chi connectivity index (χ0n) is 10.9. The van der Waals surface area contributed by atoms with Crippen molar-refractivity contribution >= 4 is 0 Å². The van der Waals surface area contributed by atoms with Crippen LogP contribution in [0, 0.1) is 11.3 Å². The summed E-state index contributed by atoms with van der Waals surface area (Å²) in [4.78, 5) is 2.43. The summed E-state index contributed by atoms with van der Waals surface area (Å²) >= 11 is 0. The van der Waals surface area contributed by atoms with Gasteiger partial charge in [-0.15, -0.1) is 0 Å². The van der Waals surface area contributed by atoms with Gasteiger partial charge in [0.15, 0.2) is 0 Å². The van der Waals surface area contributed by atoms with Crippen molar-refractivity contribution in [2.75, 3.05) is 33.2 Å². The molecule has 0 aliphatic rings. The molecule has 86 valence electrons. The van der Waals surface area contributed by atoms with E-state index in [1.54, 1.807) is 0 Å². The molecule has 0 saturated carbocycles. The molecule has 0 bridgehead atoms. The molecule has 0 heterocycles. The number of hydrogen-bond donors (Lipinski definition) is 1. The van der Waals surface area contributed by atoms with Crippen molar-refractivity contribution < 1.29 is 0 Å². The molecule has 0 rings (SSSR count). The maximum absolute atomic E-state index is 3.39. The summed E-state index contributed by atoms with van der Waals surface area (Å²) in [6.45, 7) is 15.9. The third kappa shape index (κ3) is 8.52. The molecule has 1 unspecified atom stereocenters. The SMILES string of the molecule is CCNCC(C)CN(C)CC(C)(C)C. The summed E-state index contributed by atoms with van der Waals surface area (Å²) in [7, 11) is 2.22. The van der Waals surface area contributed by atoms with Gasteiger partial charge in [0.25, 0.3) is 0 Å². The Balaban J connectivity index is 3.65. The van der Waals surface area contributed by atoms with E-state index < -0.39 is 0 Å². The maximum Gasteiger partial charge on any atom is 0.00271 e. The fourth-order valence-electron chi connectivity index (χ4n) is 1.86. The number of nitrogens with one attached hydrogen (secondary N) is 1. The lowest BCUT2D eigenvalue weighted by atomic mass is 9.96. The summed E-state index contributed by atoms with van der Waals surface area (Å²) in [6.07, 6.45) is 0. The minimum Gasteiger partial charge on any atom is -0.317 e. The lowest BCUT2D eigenvalue weighted by Gasteiger charge is -2.28. The molecule has 2 heteroatoms. The molecule has 0 aliphatic carbocycles. The fourth-order valence-corrected chi connectivity index (χ4v) is 1.86. The average Bonchev–Trinajstić information content (AvgIpc) is 1.96. The van der Waals surface area contributed by atoms with Gasteiger partial charge in [-0.3, -0.25) is 0 Å². The Kier molecular flexibility index (Phi) is 6.38. The van der Waals surface area contributed by atoms with Gasteiger partial charge in [-0.05, 0) is 31.5 Å². The highest BCUT2D eigenvalue weighted by Gasteiger charge is 2.14. The highest BCUT2D eigenvalue weighted by molar-refractivity contribution is 4.69. The van der Waals surface area contributed by atoms with Crippen LogP contribution in [0.15, 0.2) is 0 Å². The smallest absolute Gasteiger partial charge is 0.00271 e. The predicted molar refractivity (Wildman–Crippen MR) is 64.7 cm³/mol. The Hall–Kier alpha value is -0.0800. The van der Waals surface area contributed by atoms with Gasteiger partial charge in [-0.2, -0.15) is 0 Å². The molecular formula is C12H28N2. The van der Waals surface area contributed by atoms with Crippen LogP contribution >= 0.6 is 0 Å². The molecule has 1 atom stereocenters. The van der Waals surface area contributed by atoms with Crippen molar-refractivity contribution in [2.24, 2.45) is 11.3 Å². The van der Waals surface area contributed by atoms with Gasteiger partial charge in [-0.1, -0.05) is 34.6 Å². The van der Waals surface area contributed by atoms with Gasteiger partial charge in [0.2, 0.25) is 0 Å². The lowest BCUT2D eigenvalue weighted by Crippen LogP contribution is -2.35. The standard InChI is InChI=1S/C12H28N2/c1-7-13-8-11(2)9-14(6)10-12(3,4)5/h11,13H,7-10H2,1-6H3. The molecule has 0 aromatic heterocycles. The first-order valence-corrected chi connectivity index (χ1v) is 5.74. The first-order chi connectivity index (χ1) is 6.35. The molecule has 0 radical (unpaired) electrons. The van der Waals surface area contributed by atoms with Crippen LogP contribution in [0.1, 0.15) is 34.6 Å². The van der Waals surface area contributed by atoms with Crippen molar-refractivity contribution in [1.29, 1.82) is 0 Å². The van der Waals surface area contributed by atoms with E-state index in [-0.39, 0.29) is 0 Å². The number of hydrogen-bond acceptors (Lipinski definition) is 2. The second kappa shape index (κ2) is 6.41. The summed E-state index contributed by atoms with van der Waals surface area (Å²) in [5, 5.41) is 3.39. The van der Waals surface area contributed by atoms with Gasteiger partial charge in [0.1, 0.15) is 0 Å². The van der Waals surface area contributed by atoms with Crippen LogP contribution in [0.2, 0.25) is 0 Å². The normalized spacial score (nSPS) is 14.8. The highest BCUT2D eigenvalue weighted by atomic mass is 15.1. The second-order valence-corrected chi connectivity index (χ2v) is 5.67. The van der Waals surface area contributed by atoms with E-state index in [4.69, 9.17) is 0 Å². The molecule has 14 heavy (non-hydrogen) atoms. The van der Waals surface area contributed by atoms with Gasteiger partial charge < -0.3 is 10.2 Å². The van der Waals surface area contributed by atoms with Crippen molar-refractivity contribution in [3.63, 3.8) is 0 Å². The maximum atomic E-state index is 3.39. The topological polar surface area (TPSA) is 15.3 Å². The first-order valence-electron chi connectivity index (χ1n) is 5.74. The molecule has 0 aliphatic heterocycles. The number of rotatable bonds is 6. The van der Waals surface area contributed by atoms with E-state index in [0.29, 0.717) is 5.41 Å². The Bertz CT molecular complexity index is 138. The molecule has 2 nitrogen and oxygen atoms in total. The molecule has 1 N–H and O–H groups in total. The highest BCUT2D eigenvalue weighted by Crippen LogP contribution is 2.14. The Morgan fingerprint density at radius 2 is 1.86 bits per heavy atom. The molecule has 0 aromatic carbocycles. The number of nitrogens with zero attached hydrogens (tertiary/aromatic N) is 1. The largest absolute Gasteiger partial charge is 0.317 e. The average molecular weight is 200 g/mol. The zero-order chi connectivity index (χ0) is 11.2. The summed E-state index contributed by atoms with van der Waals surface area (Å²) in [5.41, 5.74) is 0.409. The van der Waals surface area contributed by atoms with Crippen LogP contribution in [0.25, 0.3) is 0 Å². The van der Waals surface area contributed by atoms with Crippen LogP contribution < -0.4 is 5.32 Å². The Morgan fingerprint density at radius 3 is 2.29 bits per heavy atom. The van der Waals surface area contributed by atoms with E-state index in [1.807, 2.05) is 0 Å². The zero-order valence-corrected chi connectivity index (χ0v) is 10.9. The van der Waals surface area contributed by atoms with Crippen molar-refractivity contribution in [2.45, 2.75) is 34.6 Å². The van der Waals surface area contributed by atoms with Crippen molar-refractivity contribution in [3.05, 3.63) is 0 Å². The van der Waals surface area contributed by atoms with E-state index >= 15 is 0 Å². The van der Waals surface area contributed by atoms with Crippen molar-refractivity contribution in [3.8, 4) is 0 Å². The quantitative estimate of drug-likeness (QED) is 0.707. The fraction of sp³-hybridized carbons (Fsp3) is 1.00. The minimum absolute atomic E-state index is 0.409. The van der Waals surface area contributed by atoms with E-state index in [2.05, 4.69) is 51.9 Å². The first kappa shape index (κ1) is 13.9. The predicted octanol–water partition coefficient (Wildman–Crippen LogP) is 2.21. The molecule has 0 amide bonds. The van der Waals surface area contributed by atoms with E-state index in [9.17, 15) is 0 Å². The van der Waals surface area contributed by atoms with E-state index in [1.165, 1.54) is 13.1 Å². The monoisotopic (exact) mass is 200 g/mol. The second-order valence-electron chi connectivity index (χ2n) is 5.67. The van der Waals surface area contributed by atoms with Gasteiger partial charge in [0.05, 0.1) is 0 Å². The molecule has 0 fully saturated rings. The van der Waals surface area contributed by atoms with Gasteiger partial charge in [0, 0.05) is 13.1 Å². The van der Waals surface area contributed by atoms with E-state index in [0.717, 1.165) is 19.0 Å². The Morgan fingerprint density at radius 1 is 1.29 bits per heavy atom. The summed E-state index contributed by atoms with van der Waals surface area (Å²) in [5.74, 6) is 0.738. The third-order valence-corrected chi connectivity index (χ3v) is 2.11. The lowest BCUT2D eigenvalue weighted by molar-refractivity contribution is 0.203. The summed E-state index contributed by atoms with van der Waals surface area (Å²) in [6, 6.07) is 0. The van der Waals surface area contributed by atoms with Crippen LogP contribution in [-0.4, -0.2) is 38.1 Å². The minimum atomic E-state index is 0.409. The summed E-state index contributed by atoms with van der Waals surface area (Å²) < 4.78 is 0. The molecule has 0 saturated heterocycles. The van der Waals surface area contributed by atoms with Crippen molar-refractivity contribution in [1.82, 2.24) is 10.2 Å². The molecule has 0 spiro atoms. The van der Waals surface area contributed by atoms with Crippen LogP contribution in [0.4, 0.5) is 0 Å². The van der Waals surface area contributed by atoms with Gasteiger partial charge in [-0.25, -0.2) is 0 Å². The third-order valence-electron chi connectivity index (χ3n) is 2.11. The van der Waals surface area contributed by atoms with Crippen LogP contribution in [0.5, 0.6) is 0 Å². The molecular weight excluding hydrogens is 172 g/mol. The Labute approximate surface area is 90.1 Å².